The molecule has 9 heteroatoms. The number of rotatable bonds is 7. The quantitative estimate of drug-likeness (QED) is 0.503. The lowest BCUT2D eigenvalue weighted by molar-refractivity contribution is -0.191. The standard InChI is InChI=1S/C26H31N5O4/c1-26(2)34-21-19(12-13-32-14-17-8-4-3-5-9-17)33-25(22(21)35-26)31-16-29-20-23(27-15-28-24(20)31)30-18-10-6-7-11-18/h3-5,8-9,12-13,15-16,18-19,21-22,25H,6-7,10-11,14H2,1-2H3,(H,27,28,30)/t19-,21-,22?,25-/m1/s1. The fraction of sp³-hybridized carbons (Fsp3) is 0.500. The first kappa shape index (κ1) is 22.5. The summed E-state index contributed by atoms with van der Waals surface area (Å²) < 4.78 is 26.6. The third-order valence-corrected chi connectivity index (χ3v) is 6.85. The van der Waals surface area contributed by atoms with Gasteiger partial charge in [-0.2, -0.15) is 0 Å². The van der Waals surface area contributed by atoms with E-state index in [1.807, 2.05) is 54.8 Å². The summed E-state index contributed by atoms with van der Waals surface area (Å²) in [4.78, 5) is 13.6. The Morgan fingerprint density at radius 3 is 2.71 bits per heavy atom. The number of fused-ring (bicyclic) bond motifs is 2. The molecule has 2 aromatic heterocycles. The van der Waals surface area contributed by atoms with E-state index in [1.54, 1.807) is 18.9 Å². The first-order valence-corrected chi connectivity index (χ1v) is 12.3. The molecule has 3 aromatic rings. The minimum atomic E-state index is -0.713. The number of nitrogens with zero attached hydrogens (tertiary/aromatic N) is 4. The van der Waals surface area contributed by atoms with Crippen LogP contribution in [-0.2, 0) is 25.6 Å². The van der Waals surface area contributed by atoms with Crippen molar-refractivity contribution >= 4 is 17.0 Å². The Labute approximate surface area is 204 Å². The molecule has 0 amide bonds. The Bertz CT molecular complexity index is 1190. The Kier molecular flexibility index (Phi) is 5.91. The molecule has 0 spiro atoms. The van der Waals surface area contributed by atoms with Gasteiger partial charge in [0.1, 0.15) is 31.2 Å². The molecule has 3 fully saturated rings. The smallest absolute Gasteiger partial charge is 0.167 e. The molecule has 6 rings (SSSR count). The van der Waals surface area contributed by atoms with Gasteiger partial charge in [0, 0.05) is 6.04 Å². The summed E-state index contributed by atoms with van der Waals surface area (Å²) in [6.07, 6.45) is 10.4. The number of imidazole rings is 1. The number of anilines is 1. The molecule has 184 valence electrons. The molecule has 4 heterocycles. The van der Waals surface area contributed by atoms with Crippen molar-refractivity contribution < 1.29 is 18.9 Å². The summed E-state index contributed by atoms with van der Waals surface area (Å²) in [5.74, 6) is 0.0550. The summed E-state index contributed by atoms with van der Waals surface area (Å²) >= 11 is 0. The topological polar surface area (TPSA) is 92.6 Å². The van der Waals surface area contributed by atoms with Crippen molar-refractivity contribution in [2.45, 2.75) is 82.5 Å². The maximum atomic E-state index is 6.43. The zero-order valence-corrected chi connectivity index (χ0v) is 20.0. The van der Waals surface area contributed by atoms with Crippen LogP contribution in [0.1, 0.15) is 51.3 Å². The van der Waals surface area contributed by atoms with E-state index in [2.05, 4.69) is 20.3 Å². The van der Waals surface area contributed by atoms with Gasteiger partial charge in [-0.1, -0.05) is 43.2 Å². The number of hydrogen-bond donors (Lipinski definition) is 1. The van der Waals surface area contributed by atoms with Crippen LogP contribution in [0.5, 0.6) is 0 Å². The average Bonchev–Trinajstić information content (AvgIpc) is 3.62. The SMILES string of the molecule is CC1(C)OC2[C@H](n3cnc4c(NC5CCCC5)ncnc43)O[C@H](C=COCc3ccccc3)[C@H]2O1. The molecule has 1 aliphatic carbocycles. The van der Waals surface area contributed by atoms with E-state index in [9.17, 15) is 0 Å². The number of benzene rings is 1. The zero-order valence-electron chi connectivity index (χ0n) is 20.0. The highest BCUT2D eigenvalue weighted by Crippen LogP contribution is 2.44. The molecule has 3 aliphatic rings. The van der Waals surface area contributed by atoms with Crippen molar-refractivity contribution in [3.05, 3.63) is 60.9 Å². The van der Waals surface area contributed by atoms with E-state index < -0.39 is 12.0 Å². The molecular formula is C26H31N5O4. The molecular weight excluding hydrogens is 446 g/mol. The van der Waals surface area contributed by atoms with Crippen LogP contribution in [0, 0.1) is 0 Å². The van der Waals surface area contributed by atoms with Gasteiger partial charge < -0.3 is 24.3 Å². The van der Waals surface area contributed by atoms with Gasteiger partial charge >= 0.3 is 0 Å². The van der Waals surface area contributed by atoms with Crippen LogP contribution in [0.2, 0.25) is 0 Å². The number of ether oxygens (including phenoxy) is 4. The third-order valence-electron chi connectivity index (χ3n) is 6.85. The van der Waals surface area contributed by atoms with Gasteiger partial charge in [0.2, 0.25) is 0 Å². The van der Waals surface area contributed by atoms with E-state index in [0.717, 1.165) is 29.7 Å². The molecule has 1 unspecified atom stereocenters. The normalized spacial score (nSPS) is 28.2. The first-order chi connectivity index (χ1) is 17.1. The second-order valence-electron chi connectivity index (χ2n) is 9.85. The van der Waals surface area contributed by atoms with Crippen LogP contribution in [0.3, 0.4) is 0 Å². The Hall–Kier alpha value is -3.01. The lowest BCUT2D eigenvalue weighted by Gasteiger charge is -2.24. The summed E-state index contributed by atoms with van der Waals surface area (Å²) in [6.45, 7) is 4.34. The predicted octanol–water partition coefficient (Wildman–Crippen LogP) is 4.33. The van der Waals surface area contributed by atoms with E-state index >= 15 is 0 Å². The fourth-order valence-electron chi connectivity index (χ4n) is 5.25. The Morgan fingerprint density at radius 2 is 1.89 bits per heavy atom. The van der Waals surface area contributed by atoms with Crippen LogP contribution >= 0.6 is 0 Å². The largest absolute Gasteiger partial charge is 0.497 e. The average molecular weight is 478 g/mol. The molecule has 1 saturated carbocycles. The van der Waals surface area contributed by atoms with Gasteiger partial charge in [-0.05, 0) is 38.3 Å². The fourth-order valence-corrected chi connectivity index (χ4v) is 5.25. The van der Waals surface area contributed by atoms with E-state index in [0.29, 0.717) is 18.3 Å². The summed E-state index contributed by atoms with van der Waals surface area (Å²) in [7, 11) is 0. The lowest BCUT2D eigenvalue weighted by atomic mass is 10.1. The number of aromatic nitrogens is 4. The van der Waals surface area contributed by atoms with Gasteiger partial charge in [-0.25, -0.2) is 15.0 Å². The van der Waals surface area contributed by atoms with Crippen molar-refractivity contribution in [2.75, 3.05) is 5.32 Å². The molecule has 2 saturated heterocycles. The van der Waals surface area contributed by atoms with Crippen molar-refractivity contribution in [1.82, 2.24) is 19.5 Å². The predicted molar refractivity (Wildman–Crippen MR) is 129 cm³/mol. The van der Waals surface area contributed by atoms with Crippen LogP contribution in [0.15, 0.2) is 55.3 Å². The lowest BCUT2D eigenvalue weighted by Crippen LogP contribution is -2.28. The zero-order chi connectivity index (χ0) is 23.8. The highest BCUT2D eigenvalue weighted by Gasteiger charge is 2.55. The van der Waals surface area contributed by atoms with Gasteiger partial charge in [0.25, 0.3) is 0 Å². The monoisotopic (exact) mass is 477 g/mol. The molecule has 2 aliphatic heterocycles. The van der Waals surface area contributed by atoms with Crippen molar-refractivity contribution in [1.29, 1.82) is 0 Å². The van der Waals surface area contributed by atoms with Crippen molar-refractivity contribution in [3.63, 3.8) is 0 Å². The highest BCUT2D eigenvalue weighted by atomic mass is 16.8. The third kappa shape index (κ3) is 4.51. The number of hydrogen-bond acceptors (Lipinski definition) is 8. The van der Waals surface area contributed by atoms with Crippen LogP contribution < -0.4 is 5.32 Å². The molecule has 1 N–H and O–H groups in total. The van der Waals surface area contributed by atoms with Crippen LogP contribution in [-0.4, -0.2) is 49.7 Å². The molecule has 1 aromatic carbocycles. The van der Waals surface area contributed by atoms with Gasteiger partial charge in [-0.3, -0.25) is 4.57 Å². The van der Waals surface area contributed by atoms with E-state index in [1.165, 1.54) is 12.8 Å². The summed E-state index contributed by atoms with van der Waals surface area (Å²) in [6, 6.07) is 10.5. The Balaban J connectivity index is 1.22. The van der Waals surface area contributed by atoms with Crippen molar-refractivity contribution in [2.24, 2.45) is 0 Å². The molecule has 0 radical (unpaired) electrons. The second-order valence-corrected chi connectivity index (χ2v) is 9.85. The maximum Gasteiger partial charge on any atom is 0.167 e. The molecule has 9 nitrogen and oxygen atoms in total. The molecule has 4 atom stereocenters. The minimum Gasteiger partial charge on any atom is -0.497 e. The van der Waals surface area contributed by atoms with Gasteiger partial charge in [0.15, 0.2) is 29.0 Å². The minimum absolute atomic E-state index is 0.276. The maximum absolute atomic E-state index is 6.43. The Morgan fingerprint density at radius 1 is 1.09 bits per heavy atom. The van der Waals surface area contributed by atoms with Crippen LogP contribution in [0.4, 0.5) is 5.82 Å². The van der Waals surface area contributed by atoms with Crippen molar-refractivity contribution in [3.8, 4) is 0 Å². The summed E-state index contributed by atoms with van der Waals surface area (Å²) in [5.41, 5.74) is 2.55. The summed E-state index contributed by atoms with van der Waals surface area (Å²) in [5, 5.41) is 3.55. The highest BCUT2D eigenvalue weighted by molar-refractivity contribution is 5.82. The molecule has 0 bridgehead atoms. The first-order valence-electron chi connectivity index (χ1n) is 12.3. The second kappa shape index (κ2) is 9.22. The van der Waals surface area contributed by atoms with E-state index in [4.69, 9.17) is 18.9 Å². The number of nitrogens with one attached hydrogen (secondary N) is 1. The van der Waals surface area contributed by atoms with Crippen LogP contribution in [0.25, 0.3) is 11.2 Å². The molecule has 35 heavy (non-hydrogen) atoms. The van der Waals surface area contributed by atoms with Gasteiger partial charge in [0.05, 0.1) is 12.6 Å². The van der Waals surface area contributed by atoms with E-state index in [-0.39, 0.29) is 18.3 Å². The van der Waals surface area contributed by atoms with Gasteiger partial charge in [-0.15, -0.1) is 0 Å².